The predicted octanol–water partition coefficient (Wildman–Crippen LogP) is 4.87. The van der Waals surface area contributed by atoms with E-state index in [0.717, 1.165) is 32.9 Å². The average Bonchev–Trinajstić information content (AvgIpc) is 2.56. The summed E-state index contributed by atoms with van der Waals surface area (Å²) in [4.78, 5) is 28.5. The first kappa shape index (κ1) is 16.1. The van der Waals surface area contributed by atoms with E-state index in [9.17, 15) is 9.59 Å². The predicted molar refractivity (Wildman–Crippen MR) is 96.5 cm³/mol. The zero-order chi connectivity index (χ0) is 16.4. The molecule has 0 saturated heterocycles. The van der Waals surface area contributed by atoms with Gasteiger partial charge in [0.25, 0.3) is 0 Å². The molecule has 1 heterocycles. The maximum atomic E-state index is 13.1. The van der Waals surface area contributed by atoms with Gasteiger partial charge in [0.05, 0.1) is 16.6 Å². The Labute approximate surface area is 144 Å². The lowest BCUT2D eigenvalue weighted by atomic mass is 10.2. The number of benzene rings is 2. The Bertz CT molecular complexity index is 715. The molecule has 1 atom stereocenters. The van der Waals surface area contributed by atoms with Gasteiger partial charge in [-0.25, -0.2) is 0 Å². The second kappa shape index (κ2) is 6.81. The number of thioether (sulfide) groups is 1. The van der Waals surface area contributed by atoms with E-state index in [0.29, 0.717) is 6.42 Å². The Morgan fingerprint density at radius 3 is 2.04 bits per heavy atom. The molecule has 0 saturated carbocycles. The minimum atomic E-state index is -0.364. The quantitative estimate of drug-likeness (QED) is 0.796. The first-order chi connectivity index (χ1) is 11.1. The van der Waals surface area contributed by atoms with Crippen molar-refractivity contribution in [3.05, 3.63) is 48.5 Å². The summed E-state index contributed by atoms with van der Waals surface area (Å²) in [6.45, 7) is 3.45. The van der Waals surface area contributed by atoms with Gasteiger partial charge in [-0.05, 0) is 30.7 Å². The fourth-order valence-electron chi connectivity index (χ4n) is 2.59. The first-order valence-corrected chi connectivity index (χ1v) is 9.18. The van der Waals surface area contributed by atoms with Crippen molar-refractivity contribution in [2.45, 2.75) is 35.3 Å². The summed E-state index contributed by atoms with van der Waals surface area (Å²) in [5, 5.41) is -0.394. The number of hydrogen-bond acceptors (Lipinski definition) is 4. The van der Waals surface area contributed by atoms with Crippen LogP contribution < -0.4 is 4.90 Å². The lowest BCUT2D eigenvalue weighted by Crippen LogP contribution is -2.36. The van der Waals surface area contributed by atoms with E-state index in [1.807, 2.05) is 55.5 Å². The SMILES string of the molecule is CC[C@@H](SC(C)=O)C(=O)N1c2ccccc2Sc2ccccc21. The normalized spacial score (nSPS) is 13.9. The molecule has 0 radical (unpaired) electrons. The third kappa shape index (κ3) is 3.16. The zero-order valence-corrected chi connectivity index (χ0v) is 14.6. The van der Waals surface area contributed by atoms with Crippen LogP contribution in [-0.4, -0.2) is 16.3 Å². The van der Waals surface area contributed by atoms with Crippen LogP contribution in [0.2, 0.25) is 0 Å². The van der Waals surface area contributed by atoms with Gasteiger partial charge in [-0.15, -0.1) is 0 Å². The first-order valence-electron chi connectivity index (χ1n) is 7.49. The zero-order valence-electron chi connectivity index (χ0n) is 13.0. The number of amides is 1. The van der Waals surface area contributed by atoms with Crippen molar-refractivity contribution in [1.29, 1.82) is 0 Å². The van der Waals surface area contributed by atoms with Gasteiger partial charge < -0.3 is 0 Å². The number of hydrogen-bond donors (Lipinski definition) is 0. The molecule has 3 nitrogen and oxygen atoms in total. The van der Waals surface area contributed by atoms with Crippen LogP contribution in [0, 0.1) is 0 Å². The number of anilines is 2. The van der Waals surface area contributed by atoms with Crippen LogP contribution in [0.3, 0.4) is 0 Å². The van der Waals surface area contributed by atoms with Crippen molar-refractivity contribution in [1.82, 2.24) is 0 Å². The van der Waals surface area contributed by atoms with Crippen molar-refractivity contribution < 1.29 is 9.59 Å². The van der Waals surface area contributed by atoms with Crippen molar-refractivity contribution >= 4 is 45.9 Å². The largest absolute Gasteiger partial charge is 0.288 e. The molecule has 23 heavy (non-hydrogen) atoms. The van der Waals surface area contributed by atoms with E-state index < -0.39 is 0 Å². The number of para-hydroxylation sites is 2. The molecular weight excluding hydrogens is 326 g/mol. The highest BCUT2D eigenvalue weighted by atomic mass is 32.2. The Kier molecular flexibility index (Phi) is 4.78. The lowest BCUT2D eigenvalue weighted by Gasteiger charge is -2.33. The van der Waals surface area contributed by atoms with Crippen LogP contribution in [0.1, 0.15) is 20.3 Å². The Morgan fingerprint density at radius 1 is 1.04 bits per heavy atom. The molecule has 118 valence electrons. The molecule has 0 bridgehead atoms. The molecule has 0 unspecified atom stereocenters. The van der Waals surface area contributed by atoms with Gasteiger partial charge >= 0.3 is 0 Å². The van der Waals surface area contributed by atoms with Gasteiger partial charge in [0.1, 0.15) is 0 Å². The smallest absolute Gasteiger partial charge is 0.245 e. The van der Waals surface area contributed by atoms with Crippen molar-refractivity contribution in [3.63, 3.8) is 0 Å². The molecule has 0 fully saturated rings. The maximum Gasteiger partial charge on any atom is 0.245 e. The molecule has 2 aromatic carbocycles. The van der Waals surface area contributed by atoms with Gasteiger partial charge in [0.2, 0.25) is 5.91 Å². The molecule has 3 rings (SSSR count). The molecule has 0 spiro atoms. The number of fused-ring (bicyclic) bond motifs is 2. The van der Waals surface area contributed by atoms with Crippen LogP contribution in [0.4, 0.5) is 11.4 Å². The Balaban J connectivity index is 2.07. The van der Waals surface area contributed by atoms with Gasteiger partial charge in [-0.2, -0.15) is 0 Å². The summed E-state index contributed by atoms with van der Waals surface area (Å²) in [6, 6.07) is 15.8. The number of carbonyl (C=O) groups excluding carboxylic acids is 2. The molecule has 0 aliphatic carbocycles. The minimum absolute atomic E-state index is 0.0295. The standard InChI is InChI=1S/C18H17NO2S2/c1-3-15(22-12(2)20)18(21)19-13-8-4-6-10-16(13)23-17-11-7-5-9-14(17)19/h4-11,15H,3H2,1-2H3/t15-/m1/s1. The Morgan fingerprint density at radius 2 is 1.57 bits per heavy atom. The van der Waals surface area contributed by atoms with Crippen LogP contribution in [-0.2, 0) is 9.59 Å². The fourth-order valence-corrected chi connectivity index (χ4v) is 4.43. The second-order valence-electron chi connectivity index (χ2n) is 5.22. The topological polar surface area (TPSA) is 37.4 Å². The highest BCUT2D eigenvalue weighted by Crippen LogP contribution is 2.48. The number of carbonyl (C=O) groups is 2. The highest BCUT2D eigenvalue weighted by molar-refractivity contribution is 8.14. The second-order valence-corrected chi connectivity index (χ2v) is 7.68. The molecule has 1 aliphatic rings. The van der Waals surface area contributed by atoms with Gasteiger partial charge in [0.15, 0.2) is 5.12 Å². The van der Waals surface area contributed by atoms with Crippen LogP contribution in [0.25, 0.3) is 0 Å². The molecule has 2 aromatic rings. The molecule has 5 heteroatoms. The molecule has 1 amide bonds. The third-order valence-electron chi connectivity index (χ3n) is 3.61. The summed E-state index contributed by atoms with van der Waals surface area (Å²) in [6.07, 6.45) is 0.622. The number of nitrogens with zero attached hydrogens (tertiary/aromatic N) is 1. The van der Waals surface area contributed by atoms with Gasteiger partial charge in [-0.1, -0.05) is 54.7 Å². The van der Waals surface area contributed by atoms with E-state index in [4.69, 9.17) is 0 Å². The van der Waals surface area contributed by atoms with Crippen molar-refractivity contribution in [2.75, 3.05) is 4.90 Å². The average molecular weight is 343 g/mol. The summed E-state index contributed by atoms with van der Waals surface area (Å²) in [5.74, 6) is -0.0344. The number of rotatable bonds is 3. The summed E-state index contributed by atoms with van der Waals surface area (Å²) < 4.78 is 0. The molecular formula is C18H17NO2S2. The summed E-state index contributed by atoms with van der Waals surface area (Å²) >= 11 is 2.78. The van der Waals surface area contributed by atoms with Crippen molar-refractivity contribution in [2.24, 2.45) is 0 Å². The van der Waals surface area contributed by atoms with E-state index in [2.05, 4.69) is 0 Å². The molecule has 0 aromatic heterocycles. The maximum absolute atomic E-state index is 13.1. The van der Waals surface area contributed by atoms with E-state index in [-0.39, 0.29) is 16.3 Å². The lowest BCUT2D eigenvalue weighted by molar-refractivity contribution is -0.118. The van der Waals surface area contributed by atoms with Crippen LogP contribution >= 0.6 is 23.5 Å². The van der Waals surface area contributed by atoms with Crippen LogP contribution in [0.5, 0.6) is 0 Å². The Hall–Kier alpha value is -1.72. The van der Waals surface area contributed by atoms with E-state index in [1.54, 1.807) is 16.7 Å². The molecule has 0 N–H and O–H groups in total. The van der Waals surface area contributed by atoms with E-state index in [1.165, 1.54) is 6.92 Å². The van der Waals surface area contributed by atoms with Crippen LogP contribution in [0.15, 0.2) is 58.3 Å². The highest BCUT2D eigenvalue weighted by Gasteiger charge is 2.32. The summed E-state index contributed by atoms with van der Waals surface area (Å²) in [7, 11) is 0. The minimum Gasteiger partial charge on any atom is -0.288 e. The van der Waals surface area contributed by atoms with Gasteiger partial charge in [-0.3, -0.25) is 14.5 Å². The van der Waals surface area contributed by atoms with Crippen molar-refractivity contribution in [3.8, 4) is 0 Å². The fraction of sp³-hybridized carbons (Fsp3) is 0.222. The van der Waals surface area contributed by atoms with E-state index >= 15 is 0 Å². The monoisotopic (exact) mass is 343 g/mol. The third-order valence-corrected chi connectivity index (χ3v) is 5.89. The molecule has 1 aliphatic heterocycles. The van der Waals surface area contributed by atoms with Gasteiger partial charge in [0, 0.05) is 16.7 Å². The summed E-state index contributed by atoms with van der Waals surface area (Å²) in [5.41, 5.74) is 1.78.